The number of unbranched alkanes of at least 4 members (excludes halogenated alkanes) is 1. The van der Waals surface area contributed by atoms with Crippen LogP contribution in [0.4, 0.5) is 0 Å². The smallest absolute Gasteiger partial charge is 0.253 e. The first-order valence-electron chi connectivity index (χ1n) is 15.2. The van der Waals surface area contributed by atoms with Crippen LogP contribution in [0.15, 0.2) is 42.5 Å². The number of carbonyl (C=O) groups excluding carboxylic acids is 7. The highest BCUT2D eigenvalue weighted by atomic mass is 16.5. The molecule has 0 fully saturated rings. The van der Waals surface area contributed by atoms with E-state index in [-0.39, 0.29) is 50.5 Å². The number of carbonyl (C=O) groups is 7. The minimum absolute atomic E-state index is 0.0198. The SMILES string of the molecule is CCCOCNC(=O)CNC(=O)[C@H](Cc1ccccc1)NC(=O)CNC(=O)CNC(=O)[C@H](CCCCN1C(=O)C=CC1=O)N(C)C. The lowest BCUT2D eigenvalue weighted by atomic mass is 10.1. The molecule has 1 aromatic carbocycles. The molecule has 0 spiro atoms. The fourth-order valence-electron chi connectivity index (χ4n) is 4.42. The standard InChI is InChI=1S/C31H45N7O8/c1-4-16-46-21-35-26(40)19-33-30(44)23(17-22-10-6-5-7-11-22)36-27(41)20-32-25(39)18-34-31(45)24(37(2)3)12-8-9-15-38-28(42)13-14-29(38)43/h5-7,10-11,13-14,23-24H,4,8-9,12,15-21H2,1-3H3,(H,32,39)(H,33,44)(H,34,45)(H,35,40)(H,36,41)/t23-,24-/m0/s1. The summed E-state index contributed by atoms with van der Waals surface area (Å²) in [5.74, 6) is -3.36. The van der Waals surface area contributed by atoms with Gasteiger partial charge in [-0.1, -0.05) is 37.3 Å². The summed E-state index contributed by atoms with van der Waals surface area (Å²) in [5, 5.41) is 12.6. The van der Waals surface area contributed by atoms with Gasteiger partial charge in [0, 0.05) is 31.7 Å². The number of rotatable bonds is 21. The first kappa shape index (κ1) is 37.6. The number of benzene rings is 1. The predicted molar refractivity (Wildman–Crippen MR) is 168 cm³/mol. The second-order valence-corrected chi connectivity index (χ2v) is 10.8. The molecular weight excluding hydrogens is 598 g/mol. The van der Waals surface area contributed by atoms with E-state index in [9.17, 15) is 33.6 Å². The molecule has 7 amide bonds. The van der Waals surface area contributed by atoms with Crippen molar-refractivity contribution in [3.8, 4) is 0 Å². The van der Waals surface area contributed by atoms with Crippen LogP contribution in [-0.2, 0) is 44.7 Å². The number of hydrogen-bond acceptors (Lipinski definition) is 9. The molecule has 0 saturated heterocycles. The Morgan fingerprint density at radius 2 is 1.41 bits per heavy atom. The van der Waals surface area contributed by atoms with Gasteiger partial charge in [-0.05, 0) is 45.3 Å². The van der Waals surface area contributed by atoms with E-state index >= 15 is 0 Å². The molecule has 0 bridgehead atoms. The van der Waals surface area contributed by atoms with E-state index in [1.165, 1.54) is 12.2 Å². The largest absolute Gasteiger partial charge is 0.361 e. The second-order valence-electron chi connectivity index (χ2n) is 10.8. The number of imide groups is 1. The van der Waals surface area contributed by atoms with Crippen molar-refractivity contribution in [2.75, 3.05) is 53.6 Å². The monoisotopic (exact) mass is 643 g/mol. The van der Waals surface area contributed by atoms with Crippen LogP contribution < -0.4 is 26.6 Å². The zero-order valence-electron chi connectivity index (χ0n) is 26.6. The average Bonchev–Trinajstić information content (AvgIpc) is 3.35. The van der Waals surface area contributed by atoms with Crippen LogP contribution in [-0.4, -0.2) is 117 Å². The molecule has 1 aliphatic rings. The van der Waals surface area contributed by atoms with Gasteiger partial charge in [0.15, 0.2) is 0 Å². The van der Waals surface area contributed by atoms with Crippen LogP contribution in [0, 0.1) is 0 Å². The molecule has 2 rings (SSSR count). The summed E-state index contributed by atoms with van der Waals surface area (Å²) in [6.45, 7) is 1.58. The van der Waals surface area contributed by atoms with Gasteiger partial charge in [-0.3, -0.25) is 43.4 Å². The van der Waals surface area contributed by atoms with Gasteiger partial charge in [0.25, 0.3) is 11.8 Å². The third-order valence-corrected chi connectivity index (χ3v) is 6.88. The van der Waals surface area contributed by atoms with Crippen LogP contribution in [0.25, 0.3) is 0 Å². The normalized spacial score (nSPS) is 13.7. The molecule has 0 aromatic heterocycles. The number of hydrogen-bond donors (Lipinski definition) is 5. The Hall–Kier alpha value is -4.63. The highest BCUT2D eigenvalue weighted by molar-refractivity contribution is 6.12. The zero-order chi connectivity index (χ0) is 33.9. The molecule has 1 aromatic rings. The van der Waals surface area contributed by atoms with Crippen LogP contribution >= 0.6 is 0 Å². The van der Waals surface area contributed by atoms with Gasteiger partial charge < -0.3 is 31.3 Å². The molecule has 5 N–H and O–H groups in total. The number of ether oxygens (including phenoxy) is 1. The molecule has 0 aliphatic carbocycles. The van der Waals surface area contributed by atoms with Crippen LogP contribution in [0.1, 0.15) is 38.2 Å². The number of nitrogens with zero attached hydrogens (tertiary/aromatic N) is 2. The van der Waals surface area contributed by atoms with Crippen LogP contribution in [0.2, 0.25) is 0 Å². The minimum atomic E-state index is -1.02. The van der Waals surface area contributed by atoms with Crippen molar-refractivity contribution in [2.45, 2.75) is 51.1 Å². The molecular formula is C31H45N7O8. The van der Waals surface area contributed by atoms with Crippen molar-refractivity contribution in [1.29, 1.82) is 0 Å². The molecule has 0 unspecified atom stereocenters. The molecule has 0 saturated carbocycles. The summed E-state index contributed by atoms with van der Waals surface area (Å²) in [5.41, 5.74) is 0.776. The van der Waals surface area contributed by atoms with Crippen molar-refractivity contribution in [3.63, 3.8) is 0 Å². The van der Waals surface area contributed by atoms with Crippen molar-refractivity contribution < 1.29 is 38.3 Å². The van der Waals surface area contributed by atoms with Gasteiger partial charge in [0.1, 0.15) is 12.8 Å². The quantitative estimate of drug-likeness (QED) is 0.0608. The van der Waals surface area contributed by atoms with E-state index < -0.39 is 42.3 Å². The maximum absolute atomic E-state index is 12.9. The molecule has 15 nitrogen and oxygen atoms in total. The van der Waals surface area contributed by atoms with Gasteiger partial charge in [0.2, 0.25) is 29.5 Å². The minimum Gasteiger partial charge on any atom is -0.361 e. The highest BCUT2D eigenvalue weighted by Crippen LogP contribution is 2.10. The molecule has 0 radical (unpaired) electrons. The van der Waals surface area contributed by atoms with E-state index in [4.69, 9.17) is 4.74 Å². The van der Waals surface area contributed by atoms with Crippen LogP contribution in [0.3, 0.4) is 0 Å². The van der Waals surface area contributed by atoms with Crippen molar-refractivity contribution in [3.05, 3.63) is 48.0 Å². The first-order valence-corrected chi connectivity index (χ1v) is 15.2. The Labute approximate surface area is 268 Å². The highest BCUT2D eigenvalue weighted by Gasteiger charge is 2.25. The van der Waals surface area contributed by atoms with E-state index in [0.29, 0.717) is 25.9 Å². The summed E-state index contributed by atoms with van der Waals surface area (Å²) < 4.78 is 5.20. The van der Waals surface area contributed by atoms with Crippen LogP contribution in [0.5, 0.6) is 0 Å². The summed E-state index contributed by atoms with van der Waals surface area (Å²) >= 11 is 0. The van der Waals surface area contributed by atoms with Gasteiger partial charge in [0.05, 0.1) is 25.7 Å². The van der Waals surface area contributed by atoms with E-state index in [1.807, 2.05) is 13.0 Å². The predicted octanol–water partition coefficient (Wildman–Crippen LogP) is -1.41. The number of likely N-dealkylation sites (N-methyl/N-ethyl adjacent to an activating group) is 1. The second kappa shape index (κ2) is 20.4. The Kier molecular flexibility index (Phi) is 16.7. The molecule has 252 valence electrons. The molecule has 2 atom stereocenters. The molecule has 15 heteroatoms. The Morgan fingerprint density at radius 3 is 2.04 bits per heavy atom. The Morgan fingerprint density at radius 1 is 0.804 bits per heavy atom. The summed E-state index contributed by atoms with van der Waals surface area (Å²) in [6.07, 6.45) is 4.92. The van der Waals surface area contributed by atoms with Gasteiger partial charge in [-0.15, -0.1) is 0 Å². The molecule has 1 aliphatic heterocycles. The Bertz CT molecular complexity index is 1220. The summed E-state index contributed by atoms with van der Waals surface area (Å²) in [6, 6.07) is 7.42. The third-order valence-electron chi connectivity index (χ3n) is 6.88. The van der Waals surface area contributed by atoms with E-state index in [2.05, 4.69) is 26.6 Å². The lowest BCUT2D eigenvalue weighted by molar-refractivity contribution is -0.137. The maximum Gasteiger partial charge on any atom is 0.253 e. The fraction of sp³-hybridized carbons (Fsp3) is 0.516. The maximum atomic E-state index is 12.9. The third kappa shape index (κ3) is 14.0. The lowest BCUT2D eigenvalue weighted by Crippen LogP contribution is -2.52. The molecule has 46 heavy (non-hydrogen) atoms. The van der Waals surface area contributed by atoms with Crippen molar-refractivity contribution in [1.82, 2.24) is 36.4 Å². The summed E-state index contributed by atoms with van der Waals surface area (Å²) in [7, 11) is 3.45. The van der Waals surface area contributed by atoms with Gasteiger partial charge >= 0.3 is 0 Å². The first-order chi connectivity index (χ1) is 22.0. The average molecular weight is 644 g/mol. The Balaban J connectivity index is 1.79. The lowest BCUT2D eigenvalue weighted by Gasteiger charge is -2.23. The molecule has 1 heterocycles. The fourth-order valence-corrected chi connectivity index (χ4v) is 4.42. The van der Waals surface area contributed by atoms with E-state index in [0.717, 1.165) is 16.9 Å². The van der Waals surface area contributed by atoms with Gasteiger partial charge in [-0.25, -0.2) is 0 Å². The number of nitrogens with one attached hydrogen (secondary N) is 5. The number of amides is 7. The van der Waals surface area contributed by atoms with Crippen molar-refractivity contribution in [2.24, 2.45) is 0 Å². The summed E-state index contributed by atoms with van der Waals surface area (Å²) in [4.78, 5) is 88.9. The van der Waals surface area contributed by atoms with Gasteiger partial charge in [-0.2, -0.15) is 0 Å². The topological polar surface area (TPSA) is 195 Å². The zero-order valence-corrected chi connectivity index (χ0v) is 26.6. The van der Waals surface area contributed by atoms with Crippen molar-refractivity contribution >= 4 is 41.4 Å². The van der Waals surface area contributed by atoms with E-state index in [1.54, 1.807) is 43.3 Å².